The Kier molecular flexibility index (Phi) is 6.97. The molecule has 0 aliphatic carbocycles. The fourth-order valence-corrected chi connectivity index (χ4v) is 1.33. The first kappa shape index (κ1) is 17.3. The molecular formula is C12H20F3N5O. The zero-order valence-electron chi connectivity index (χ0n) is 12.1. The first-order valence-corrected chi connectivity index (χ1v) is 6.88. The van der Waals surface area contributed by atoms with Crippen LogP contribution in [0.15, 0.2) is 0 Å². The van der Waals surface area contributed by atoms with Gasteiger partial charge in [-0.15, -0.1) is 0 Å². The molecule has 120 valence electrons. The summed E-state index contributed by atoms with van der Waals surface area (Å²) in [6.07, 6.45) is -3.53. The van der Waals surface area contributed by atoms with Crippen molar-refractivity contribution in [3.63, 3.8) is 0 Å². The molecule has 1 aromatic heterocycles. The number of aromatic nitrogens is 3. The first-order chi connectivity index (χ1) is 9.94. The van der Waals surface area contributed by atoms with Gasteiger partial charge >= 0.3 is 12.2 Å². The summed E-state index contributed by atoms with van der Waals surface area (Å²) in [5.41, 5.74) is 0. The molecule has 0 radical (unpaired) electrons. The molecule has 0 aromatic carbocycles. The normalized spacial score (nSPS) is 11.3. The number of alkyl halides is 3. The van der Waals surface area contributed by atoms with Gasteiger partial charge in [0.2, 0.25) is 11.9 Å². The van der Waals surface area contributed by atoms with Crippen molar-refractivity contribution in [3.8, 4) is 6.01 Å². The van der Waals surface area contributed by atoms with Crippen LogP contribution in [0.3, 0.4) is 0 Å². The third kappa shape index (κ3) is 7.52. The zero-order chi connectivity index (χ0) is 15.7. The maximum absolute atomic E-state index is 12.1. The Balaban J connectivity index is 2.70. The SMILES string of the molecule is CCCNc1nc(NCCC(F)(F)F)nc(OCCC)n1. The molecule has 0 amide bonds. The lowest BCUT2D eigenvalue weighted by atomic mass is 10.4. The Hall–Kier alpha value is -1.80. The van der Waals surface area contributed by atoms with E-state index in [-0.39, 0.29) is 24.5 Å². The van der Waals surface area contributed by atoms with Gasteiger partial charge in [-0.2, -0.15) is 28.1 Å². The van der Waals surface area contributed by atoms with E-state index in [1.807, 2.05) is 13.8 Å². The van der Waals surface area contributed by atoms with Gasteiger partial charge < -0.3 is 15.4 Å². The van der Waals surface area contributed by atoms with Crippen LogP contribution in [0.2, 0.25) is 0 Å². The summed E-state index contributed by atoms with van der Waals surface area (Å²) in [5.74, 6) is 0.353. The van der Waals surface area contributed by atoms with Crippen LogP contribution in [0.4, 0.5) is 25.1 Å². The van der Waals surface area contributed by atoms with Crippen LogP contribution < -0.4 is 15.4 Å². The van der Waals surface area contributed by atoms with Gasteiger partial charge in [0.15, 0.2) is 0 Å². The molecule has 0 aliphatic rings. The monoisotopic (exact) mass is 307 g/mol. The predicted octanol–water partition coefficient (Wildman–Crippen LogP) is 2.85. The maximum Gasteiger partial charge on any atom is 0.390 e. The van der Waals surface area contributed by atoms with Gasteiger partial charge in [-0.1, -0.05) is 13.8 Å². The van der Waals surface area contributed by atoms with Crippen LogP contribution in [-0.2, 0) is 0 Å². The molecule has 0 aliphatic heterocycles. The van der Waals surface area contributed by atoms with E-state index in [1.165, 1.54) is 0 Å². The van der Waals surface area contributed by atoms with Gasteiger partial charge in [0.1, 0.15) is 0 Å². The topological polar surface area (TPSA) is 72.0 Å². The average Bonchev–Trinajstić information content (AvgIpc) is 2.41. The van der Waals surface area contributed by atoms with Crippen LogP contribution in [0.5, 0.6) is 6.01 Å². The highest BCUT2D eigenvalue weighted by Crippen LogP contribution is 2.19. The quantitative estimate of drug-likeness (QED) is 0.731. The maximum atomic E-state index is 12.1. The van der Waals surface area contributed by atoms with E-state index in [4.69, 9.17) is 4.74 Å². The van der Waals surface area contributed by atoms with Crippen molar-refractivity contribution >= 4 is 11.9 Å². The zero-order valence-corrected chi connectivity index (χ0v) is 12.1. The number of rotatable bonds is 9. The Morgan fingerprint density at radius 3 is 2.10 bits per heavy atom. The second kappa shape index (κ2) is 8.48. The van der Waals surface area contributed by atoms with Crippen LogP contribution in [0, 0.1) is 0 Å². The third-order valence-corrected chi connectivity index (χ3v) is 2.27. The molecule has 0 spiro atoms. The predicted molar refractivity (Wildman–Crippen MR) is 73.6 cm³/mol. The summed E-state index contributed by atoms with van der Waals surface area (Å²) >= 11 is 0. The van der Waals surface area contributed by atoms with Crippen molar-refractivity contribution in [1.29, 1.82) is 0 Å². The highest BCUT2D eigenvalue weighted by molar-refractivity contribution is 5.35. The minimum atomic E-state index is -4.22. The first-order valence-electron chi connectivity index (χ1n) is 6.88. The van der Waals surface area contributed by atoms with Gasteiger partial charge in [0.05, 0.1) is 13.0 Å². The number of halogens is 3. The minimum Gasteiger partial charge on any atom is -0.463 e. The number of hydrogen-bond donors (Lipinski definition) is 2. The van der Waals surface area contributed by atoms with Crippen LogP contribution in [-0.4, -0.2) is 40.8 Å². The molecular weight excluding hydrogens is 287 g/mol. The van der Waals surface area contributed by atoms with E-state index < -0.39 is 12.6 Å². The largest absolute Gasteiger partial charge is 0.463 e. The molecule has 1 rings (SSSR count). The molecule has 0 saturated carbocycles. The number of anilines is 2. The summed E-state index contributed by atoms with van der Waals surface area (Å²) in [6.45, 7) is 4.69. The lowest BCUT2D eigenvalue weighted by molar-refractivity contribution is -0.131. The van der Waals surface area contributed by atoms with Crippen molar-refractivity contribution in [2.24, 2.45) is 0 Å². The van der Waals surface area contributed by atoms with E-state index in [0.29, 0.717) is 13.2 Å². The second-order valence-corrected chi connectivity index (χ2v) is 4.33. The molecule has 1 heterocycles. The van der Waals surface area contributed by atoms with Gasteiger partial charge in [-0.25, -0.2) is 0 Å². The van der Waals surface area contributed by atoms with Gasteiger partial charge in [0, 0.05) is 13.1 Å². The smallest absolute Gasteiger partial charge is 0.390 e. The fraction of sp³-hybridized carbons (Fsp3) is 0.750. The Labute approximate surface area is 121 Å². The molecule has 0 fully saturated rings. The Morgan fingerprint density at radius 1 is 0.952 bits per heavy atom. The molecule has 1 aromatic rings. The molecule has 9 heteroatoms. The average molecular weight is 307 g/mol. The summed E-state index contributed by atoms with van der Waals surface area (Å²) in [5, 5.41) is 5.49. The van der Waals surface area contributed by atoms with Gasteiger partial charge in [0.25, 0.3) is 0 Å². The third-order valence-electron chi connectivity index (χ3n) is 2.27. The number of nitrogens with one attached hydrogen (secondary N) is 2. The summed E-state index contributed by atoms with van der Waals surface area (Å²) in [7, 11) is 0. The lowest BCUT2D eigenvalue weighted by Crippen LogP contribution is -2.17. The standard InChI is InChI=1S/C12H20F3N5O/c1-3-6-16-9-18-10(17-7-5-12(13,14)15)20-11(19-9)21-8-4-2/h3-8H2,1-2H3,(H2,16,17,18,19,20). The molecule has 0 bridgehead atoms. The van der Waals surface area contributed by atoms with Gasteiger partial charge in [-0.05, 0) is 12.8 Å². The Morgan fingerprint density at radius 2 is 1.57 bits per heavy atom. The molecule has 21 heavy (non-hydrogen) atoms. The lowest BCUT2D eigenvalue weighted by Gasteiger charge is -2.11. The fourth-order valence-electron chi connectivity index (χ4n) is 1.33. The summed E-state index contributed by atoms with van der Waals surface area (Å²) < 4.78 is 41.7. The van der Waals surface area contributed by atoms with E-state index in [2.05, 4.69) is 25.6 Å². The van der Waals surface area contributed by atoms with Crippen LogP contribution >= 0.6 is 0 Å². The van der Waals surface area contributed by atoms with Crippen LogP contribution in [0.25, 0.3) is 0 Å². The van der Waals surface area contributed by atoms with Gasteiger partial charge in [-0.3, -0.25) is 0 Å². The van der Waals surface area contributed by atoms with Crippen molar-refractivity contribution in [3.05, 3.63) is 0 Å². The minimum absolute atomic E-state index is 0.0685. The van der Waals surface area contributed by atoms with Crippen molar-refractivity contribution < 1.29 is 17.9 Å². The highest BCUT2D eigenvalue weighted by Gasteiger charge is 2.26. The second-order valence-electron chi connectivity index (χ2n) is 4.33. The van der Waals surface area contributed by atoms with Crippen LogP contribution in [0.1, 0.15) is 33.1 Å². The summed E-state index contributed by atoms with van der Waals surface area (Å²) in [6, 6.07) is 0.0972. The molecule has 0 unspecified atom stereocenters. The van der Waals surface area contributed by atoms with E-state index in [0.717, 1.165) is 12.8 Å². The number of ether oxygens (including phenoxy) is 1. The molecule has 2 N–H and O–H groups in total. The van der Waals surface area contributed by atoms with E-state index >= 15 is 0 Å². The van der Waals surface area contributed by atoms with E-state index in [1.54, 1.807) is 0 Å². The molecule has 6 nitrogen and oxygen atoms in total. The summed E-state index contributed by atoms with van der Waals surface area (Å²) in [4.78, 5) is 12.0. The van der Waals surface area contributed by atoms with E-state index in [9.17, 15) is 13.2 Å². The number of hydrogen-bond acceptors (Lipinski definition) is 6. The van der Waals surface area contributed by atoms with Crippen molar-refractivity contribution in [2.75, 3.05) is 30.3 Å². The van der Waals surface area contributed by atoms with Crippen molar-refractivity contribution in [2.45, 2.75) is 39.3 Å². The van der Waals surface area contributed by atoms with Crippen molar-refractivity contribution in [1.82, 2.24) is 15.0 Å². The number of nitrogens with zero attached hydrogens (tertiary/aromatic N) is 3. The molecule has 0 atom stereocenters. The molecule has 0 saturated heterocycles. The Bertz CT molecular complexity index is 402. The highest BCUT2D eigenvalue weighted by atomic mass is 19.4.